The van der Waals surface area contributed by atoms with Gasteiger partial charge in [-0.2, -0.15) is 4.31 Å². The monoisotopic (exact) mass is 625 g/mol. The summed E-state index contributed by atoms with van der Waals surface area (Å²) < 4.78 is 64.4. The van der Waals surface area contributed by atoms with E-state index in [1.54, 1.807) is 20.9 Å². The van der Waals surface area contributed by atoms with Crippen LogP contribution in [0.1, 0.15) is 24.2 Å². The van der Waals surface area contributed by atoms with Crippen LogP contribution in [0.2, 0.25) is 5.02 Å². The molecule has 0 radical (unpaired) electrons. The number of carbonyl (C=O) groups excluding carboxylic acids is 1. The fourth-order valence-electron chi connectivity index (χ4n) is 4.39. The zero-order valence-electron chi connectivity index (χ0n) is 22.9. The summed E-state index contributed by atoms with van der Waals surface area (Å²) in [5.74, 6) is -0.942. The van der Waals surface area contributed by atoms with E-state index >= 15 is 0 Å². The molecule has 0 saturated carbocycles. The number of likely N-dealkylation sites (N-methyl/N-ethyl adjacent to an activating group) is 1. The van der Waals surface area contributed by atoms with Crippen molar-refractivity contribution in [1.82, 2.24) is 18.8 Å². The maximum atomic E-state index is 13.7. The van der Waals surface area contributed by atoms with Crippen LogP contribution in [0.25, 0.3) is 0 Å². The minimum Gasteiger partial charge on any atom is -0.486 e. The van der Waals surface area contributed by atoms with E-state index < -0.39 is 44.0 Å². The standard InChI is InChI=1S/C26H32ClN5O7S2/c1-17-12-32(18(2)15-33)26(34)21-6-5-7-22(29-40(35,36)20-10-8-19(27)9-11-20)25(21)39-23(17)13-31(4)41(37,38)24-14-30(3)16-28-24/h5-11,14,16-18,23,29,33H,12-13,15H2,1-4H3/t17-,18-,23+/m0/s1. The fraction of sp³-hybridized carbons (Fsp3) is 0.385. The lowest BCUT2D eigenvalue weighted by Gasteiger charge is -2.38. The first-order valence-corrected chi connectivity index (χ1v) is 16.0. The number of aliphatic hydroxyl groups is 1. The highest BCUT2D eigenvalue weighted by atomic mass is 35.5. The SMILES string of the molecule is C[C@H]1CN([C@@H](C)CO)C(=O)c2cccc(NS(=O)(=O)c3ccc(Cl)cc3)c2O[C@@H]1CN(C)S(=O)(=O)c1cn(C)cn1. The molecule has 222 valence electrons. The molecule has 2 aromatic carbocycles. The van der Waals surface area contributed by atoms with Gasteiger partial charge < -0.3 is 19.3 Å². The van der Waals surface area contributed by atoms with Crippen LogP contribution in [-0.2, 0) is 27.1 Å². The van der Waals surface area contributed by atoms with E-state index in [1.807, 2.05) is 0 Å². The van der Waals surface area contributed by atoms with Gasteiger partial charge in [-0.1, -0.05) is 24.6 Å². The summed E-state index contributed by atoms with van der Waals surface area (Å²) in [4.78, 5) is 19.0. The average Bonchev–Trinajstić information content (AvgIpc) is 3.37. The molecule has 0 unspecified atom stereocenters. The van der Waals surface area contributed by atoms with Gasteiger partial charge in [0, 0.05) is 37.8 Å². The van der Waals surface area contributed by atoms with E-state index in [1.165, 1.54) is 71.5 Å². The molecule has 1 aromatic heterocycles. The van der Waals surface area contributed by atoms with Crippen molar-refractivity contribution in [2.24, 2.45) is 13.0 Å². The molecule has 3 aromatic rings. The number of amides is 1. The van der Waals surface area contributed by atoms with Crippen LogP contribution >= 0.6 is 11.6 Å². The number of carbonyl (C=O) groups is 1. The minimum atomic E-state index is -4.12. The zero-order chi connectivity index (χ0) is 30.1. The summed E-state index contributed by atoms with van der Waals surface area (Å²) >= 11 is 5.91. The molecule has 0 spiro atoms. The summed E-state index contributed by atoms with van der Waals surface area (Å²) in [6.07, 6.45) is 1.95. The first-order chi connectivity index (χ1) is 19.2. The molecule has 0 aliphatic carbocycles. The number of rotatable bonds is 9. The molecule has 15 heteroatoms. The number of halogens is 1. The largest absolute Gasteiger partial charge is 0.486 e. The van der Waals surface area contributed by atoms with Crippen LogP contribution in [0.5, 0.6) is 5.75 Å². The normalized spacial score (nSPS) is 18.8. The fourth-order valence-corrected chi connectivity index (χ4v) is 6.72. The topological polar surface area (TPSA) is 151 Å². The Hall–Kier alpha value is -3.17. The highest BCUT2D eigenvalue weighted by molar-refractivity contribution is 7.92. The molecule has 1 aliphatic rings. The van der Waals surface area contributed by atoms with Gasteiger partial charge >= 0.3 is 0 Å². The van der Waals surface area contributed by atoms with Crippen LogP contribution in [0.15, 0.2) is 64.9 Å². The van der Waals surface area contributed by atoms with Crippen molar-refractivity contribution < 1.29 is 31.5 Å². The van der Waals surface area contributed by atoms with Gasteiger partial charge in [-0.15, -0.1) is 0 Å². The second-order valence-corrected chi connectivity index (χ2v) is 14.1. The van der Waals surface area contributed by atoms with Crippen LogP contribution in [0.3, 0.4) is 0 Å². The smallest absolute Gasteiger partial charge is 0.262 e. The van der Waals surface area contributed by atoms with Crippen molar-refractivity contribution in [3.63, 3.8) is 0 Å². The number of imidazole rings is 1. The van der Waals surface area contributed by atoms with Crippen molar-refractivity contribution >= 4 is 43.2 Å². The van der Waals surface area contributed by atoms with Crippen LogP contribution < -0.4 is 9.46 Å². The Morgan fingerprint density at radius 2 is 1.88 bits per heavy atom. The Kier molecular flexibility index (Phi) is 8.99. The van der Waals surface area contributed by atoms with Crippen molar-refractivity contribution in [1.29, 1.82) is 0 Å². The van der Waals surface area contributed by atoms with Gasteiger partial charge in [-0.05, 0) is 43.3 Å². The number of hydrogen-bond donors (Lipinski definition) is 2. The number of fused-ring (bicyclic) bond motifs is 1. The molecule has 2 N–H and O–H groups in total. The Morgan fingerprint density at radius 3 is 2.49 bits per heavy atom. The molecule has 2 heterocycles. The van der Waals surface area contributed by atoms with Gasteiger partial charge in [0.05, 0.1) is 41.7 Å². The molecule has 0 bridgehead atoms. The van der Waals surface area contributed by atoms with Crippen LogP contribution in [0, 0.1) is 5.92 Å². The number of nitrogens with zero attached hydrogens (tertiary/aromatic N) is 4. The summed E-state index contributed by atoms with van der Waals surface area (Å²) in [6.45, 7) is 3.20. The van der Waals surface area contributed by atoms with Gasteiger partial charge in [0.25, 0.3) is 26.0 Å². The van der Waals surface area contributed by atoms with Crippen molar-refractivity contribution in [2.75, 3.05) is 31.5 Å². The van der Waals surface area contributed by atoms with E-state index in [9.17, 15) is 26.7 Å². The Labute approximate surface area is 244 Å². The lowest BCUT2D eigenvalue weighted by Crippen LogP contribution is -2.50. The molecular formula is C26H32ClN5O7S2. The summed E-state index contributed by atoms with van der Waals surface area (Å²) in [7, 11) is -5.05. The number of aliphatic hydroxyl groups excluding tert-OH is 1. The molecule has 1 amide bonds. The minimum absolute atomic E-state index is 0.00302. The lowest BCUT2D eigenvalue weighted by molar-refractivity contribution is 0.0389. The third kappa shape index (κ3) is 6.51. The van der Waals surface area contributed by atoms with E-state index in [0.29, 0.717) is 5.02 Å². The third-order valence-electron chi connectivity index (χ3n) is 6.85. The summed E-state index contributed by atoms with van der Waals surface area (Å²) in [5.41, 5.74) is 0.0606. The maximum absolute atomic E-state index is 13.7. The number of hydrogen-bond acceptors (Lipinski definition) is 8. The van der Waals surface area contributed by atoms with Crippen LogP contribution in [0.4, 0.5) is 5.69 Å². The predicted octanol–water partition coefficient (Wildman–Crippen LogP) is 2.42. The van der Waals surface area contributed by atoms with Gasteiger partial charge in [-0.3, -0.25) is 9.52 Å². The molecule has 1 aliphatic heterocycles. The Bertz CT molecular complexity index is 1630. The van der Waals surface area contributed by atoms with Crippen molar-refractivity contribution in [2.45, 2.75) is 35.9 Å². The average molecular weight is 626 g/mol. The quantitative estimate of drug-likeness (QED) is 0.368. The van der Waals surface area contributed by atoms with Gasteiger partial charge in [0.1, 0.15) is 6.10 Å². The summed E-state index contributed by atoms with van der Waals surface area (Å²) in [6, 6.07) is 9.46. The third-order valence-corrected chi connectivity index (χ3v) is 10.2. The van der Waals surface area contributed by atoms with E-state index in [-0.39, 0.29) is 46.6 Å². The molecule has 3 atom stereocenters. The predicted molar refractivity (Wildman–Crippen MR) is 153 cm³/mol. The Morgan fingerprint density at radius 1 is 1.20 bits per heavy atom. The molecular weight excluding hydrogens is 594 g/mol. The van der Waals surface area contributed by atoms with E-state index in [4.69, 9.17) is 16.3 Å². The van der Waals surface area contributed by atoms with Crippen molar-refractivity contribution in [3.05, 3.63) is 65.6 Å². The second kappa shape index (κ2) is 12.0. The highest BCUT2D eigenvalue weighted by Gasteiger charge is 2.37. The van der Waals surface area contributed by atoms with Gasteiger partial charge in [0.15, 0.2) is 10.8 Å². The molecule has 0 fully saturated rings. The Balaban J connectivity index is 1.76. The number of nitrogens with one attached hydrogen (secondary N) is 1. The van der Waals surface area contributed by atoms with Gasteiger partial charge in [0.2, 0.25) is 0 Å². The van der Waals surface area contributed by atoms with Crippen LogP contribution in [-0.4, -0.2) is 85.5 Å². The number of benzene rings is 2. The number of ether oxygens (including phenoxy) is 1. The second-order valence-electron chi connectivity index (χ2n) is 10.0. The highest BCUT2D eigenvalue weighted by Crippen LogP contribution is 2.36. The lowest BCUT2D eigenvalue weighted by atomic mass is 9.99. The molecule has 41 heavy (non-hydrogen) atoms. The van der Waals surface area contributed by atoms with Crippen molar-refractivity contribution in [3.8, 4) is 5.75 Å². The van der Waals surface area contributed by atoms with E-state index in [0.717, 1.165) is 4.31 Å². The summed E-state index contributed by atoms with van der Waals surface area (Å²) in [5, 5.41) is 10.1. The first-order valence-electron chi connectivity index (χ1n) is 12.7. The van der Waals surface area contributed by atoms with E-state index in [2.05, 4.69) is 9.71 Å². The molecule has 12 nitrogen and oxygen atoms in total. The van der Waals surface area contributed by atoms with Gasteiger partial charge in [-0.25, -0.2) is 21.8 Å². The number of aryl methyl sites for hydroxylation is 1. The number of aromatic nitrogens is 2. The molecule has 0 saturated heterocycles. The number of sulfonamides is 2. The zero-order valence-corrected chi connectivity index (χ0v) is 25.3. The number of para-hydroxylation sites is 1. The molecule has 4 rings (SSSR count). The maximum Gasteiger partial charge on any atom is 0.262 e. The first kappa shape index (κ1) is 30.8. The number of anilines is 1.